The third kappa shape index (κ3) is 4.19. The zero-order chi connectivity index (χ0) is 18.6. The van der Waals surface area contributed by atoms with Crippen LogP contribution in [-0.2, 0) is 4.74 Å². The second kappa shape index (κ2) is 8.43. The first-order valence-corrected chi connectivity index (χ1v) is 10.7. The number of para-hydroxylation sites is 1. The highest BCUT2D eigenvalue weighted by molar-refractivity contribution is 7.22. The van der Waals surface area contributed by atoms with Crippen molar-refractivity contribution in [2.24, 2.45) is 0 Å². The Kier molecular flexibility index (Phi) is 5.77. The number of hydrogen-bond acceptors (Lipinski definition) is 5. The van der Waals surface area contributed by atoms with Crippen LogP contribution in [0.5, 0.6) is 0 Å². The lowest BCUT2D eigenvalue weighted by molar-refractivity contribution is -0.908. The molecule has 27 heavy (non-hydrogen) atoms. The van der Waals surface area contributed by atoms with Gasteiger partial charge in [0.1, 0.15) is 24.4 Å². The summed E-state index contributed by atoms with van der Waals surface area (Å²) in [5.41, 5.74) is 0.334. The molecule has 8 heteroatoms. The Morgan fingerprint density at radius 1 is 1.26 bits per heavy atom. The van der Waals surface area contributed by atoms with E-state index in [4.69, 9.17) is 4.74 Å². The van der Waals surface area contributed by atoms with Crippen molar-refractivity contribution in [3.05, 3.63) is 46.4 Å². The normalized spacial score (nSPS) is 15.3. The first kappa shape index (κ1) is 18.5. The summed E-state index contributed by atoms with van der Waals surface area (Å²) in [6.45, 7) is 5.16. The number of ether oxygens (including phenoxy) is 1. The zero-order valence-electron chi connectivity index (χ0n) is 14.8. The molecule has 3 heterocycles. The number of rotatable bonds is 6. The molecular formula is C19H21FN3O2S2+. The van der Waals surface area contributed by atoms with Crippen molar-refractivity contribution in [1.29, 1.82) is 0 Å². The van der Waals surface area contributed by atoms with Crippen molar-refractivity contribution in [2.75, 3.05) is 44.3 Å². The van der Waals surface area contributed by atoms with Gasteiger partial charge in [-0.25, -0.2) is 9.37 Å². The molecule has 0 atom stereocenters. The fourth-order valence-corrected chi connectivity index (χ4v) is 4.91. The molecular weight excluding hydrogens is 385 g/mol. The monoisotopic (exact) mass is 406 g/mol. The van der Waals surface area contributed by atoms with E-state index in [1.807, 2.05) is 23.6 Å². The summed E-state index contributed by atoms with van der Waals surface area (Å²) in [7, 11) is 0. The first-order chi connectivity index (χ1) is 13.2. The predicted octanol–water partition coefficient (Wildman–Crippen LogP) is 2.45. The number of carbonyl (C=O) groups is 1. The van der Waals surface area contributed by atoms with Crippen LogP contribution >= 0.6 is 22.7 Å². The van der Waals surface area contributed by atoms with Crippen LogP contribution in [-0.4, -0.2) is 50.3 Å². The largest absolute Gasteiger partial charge is 0.370 e. The number of benzene rings is 1. The van der Waals surface area contributed by atoms with Crippen LogP contribution in [0.25, 0.3) is 10.2 Å². The summed E-state index contributed by atoms with van der Waals surface area (Å²) in [4.78, 5) is 21.3. The number of anilines is 1. The van der Waals surface area contributed by atoms with Gasteiger partial charge in [-0.2, -0.15) is 0 Å². The van der Waals surface area contributed by atoms with E-state index in [9.17, 15) is 9.18 Å². The third-order valence-corrected chi connectivity index (χ3v) is 6.58. The Balaban J connectivity index is 1.55. The number of nitrogens with one attached hydrogen (secondary N) is 1. The van der Waals surface area contributed by atoms with Gasteiger partial charge in [0.2, 0.25) is 0 Å². The molecule has 0 bridgehead atoms. The number of morpholine rings is 1. The molecule has 0 saturated carbocycles. The van der Waals surface area contributed by atoms with Gasteiger partial charge >= 0.3 is 0 Å². The van der Waals surface area contributed by atoms with Crippen molar-refractivity contribution in [3.63, 3.8) is 0 Å². The van der Waals surface area contributed by atoms with Gasteiger partial charge in [-0.3, -0.25) is 9.69 Å². The summed E-state index contributed by atoms with van der Waals surface area (Å²) >= 11 is 2.78. The number of carbonyl (C=O) groups excluding carboxylic acids is 1. The lowest BCUT2D eigenvalue weighted by Gasteiger charge is -2.25. The number of fused-ring (bicyclic) bond motifs is 1. The van der Waals surface area contributed by atoms with Crippen molar-refractivity contribution < 1.29 is 18.8 Å². The number of nitrogens with zero attached hydrogens (tertiary/aromatic N) is 2. The second-order valence-electron chi connectivity index (χ2n) is 6.48. The Labute approximate surface area is 165 Å². The van der Waals surface area contributed by atoms with Crippen molar-refractivity contribution in [2.45, 2.75) is 6.42 Å². The minimum atomic E-state index is -0.351. The SMILES string of the molecule is O=C(c1cccs1)N(CCC[NH+]1CCOCC1)c1nc2c(F)cccc2s1. The highest BCUT2D eigenvalue weighted by Crippen LogP contribution is 2.31. The Bertz CT molecular complexity index is 907. The van der Waals surface area contributed by atoms with Gasteiger partial charge in [-0.15, -0.1) is 11.3 Å². The molecule has 3 aromatic rings. The minimum absolute atomic E-state index is 0.0681. The van der Waals surface area contributed by atoms with E-state index in [-0.39, 0.29) is 11.7 Å². The molecule has 1 saturated heterocycles. The van der Waals surface area contributed by atoms with E-state index in [0.717, 1.165) is 44.0 Å². The maximum absolute atomic E-state index is 14.1. The maximum atomic E-state index is 14.1. The molecule has 4 rings (SSSR count). The maximum Gasteiger partial charge on any atom is 0.270 e. The molecule has 0 radical (unpaired) electrons. The summed E-state index contributed by atoms with van der Waals surface area (Å²) < 4.78 is 20.2. The van der Waals surface area contributed by atoms with Crippen LogP contribution in [0.2, 0.25) is 0 Å². The molecule has 1 N–H and O–H groups in total. The predicted molar refractivity (Wildman–Crippen MR) is 107 cm³/mol. The standard InChI is InChI=1S/C19H20FN3O2S2/c20-14-4-1-5-15-17(14)21-19(27-15)23(18(24)16-6-2-13-26-16)8-3-7-22-9-11-25-12-10-22/h1-2,4-6,13H,3,7-12H2/p+1. The van der Waals surface area contributed by atoms with Gasteiger partial charge in [-0.05, 0) is 23.6 Å². The van der Waals surface area contributed by atoms with E-state index in [1.54, 1.807) is 11.0 Å². The Hall–Kier alpha value is -1.87. The third-order valence-electron chi connectivity index (χ3n) is 4.68. The molecule has 2 aromatic heterocycles. The van der Waals surface area contributed by atoms with E-state index >= 15 is 0 Å². The van der Waals surface area contributed by atoms with Crippen LogP contribution in [0, 0.1) is 5.82 Å². The quantitative estimate of drug-likeness (QED) is 0.684. The number of thiazole rings is 1. The van der Waals surface area contributed by atoms with Crippen LogP contribution < -0.4 is 9.80 Å². The number of halogens is 1. The van der Waals surface area contributed by atoms with E-state index in [1.165, 1.54) is 33.6 Å². The van der Waals surface area contributed by atoms with E-state index in [0.29, 0.717) is 22.1 Å². The van der Waals surface area contributed by atoms with Crippen LogP contribution in [0.15, 0.2) is 35.7 Å². The minimum Gasteiger partial charge on any atom is -0.370 e. The molecule has 0 aliphatic carbocycles. The number of hydrogen-bond donors (Lipinski definition) is 1. The number of amides is 1. The van der Waals surface area contributed by atoms with Crippen LogP contribution in [0.1, 0.15) is 16.1 Å². The lowest BCUT2D eigenvalue weighted by Crippen LogP contribution is -3.14. The molecule has 1 aromatic carbocycles. The highest BCUT2D eigenvalue weighted by Gasteiger charge is 2.23. The van der Waals surface area contributed by atoms with Gasteiger partial charge in [0, 0.05) is 13.0 Å². The van der Waals surface area contributed by atoms with Crippen LogP contribution in [0.4, 0.5) is 9.52 Å². The van der Waals surface area contributed by atoms with Crippen molar-refractivity contribution in [3.8, 4) is 0 Å². The fourth-order valence-electron chi connectivity index (χ4n) is 3.23. The van der Waals surface area contributed by atoms with Gasteiger partial charge in [0.25, 0.3) is 5.91 Å². The summed E-state index contributed by atoms with van der Waals surface area (Å²) in [5.74, 6) is -0.419. The summed E-state index contributed by atoms with van der Waals surface area (Å²) in [6.07, 6.45) is 0.866. The average molecular weight is 407 g/mol. The topological polar surface area (TPSA) is 46.9 Å². The fraction of sp³-hybridized carbons (Fsp3) is 0.368. The smallest absolute Gasteiger partial charge is 0.270 e. The van der Waals surface area contributed by atoms with Gasteiger partial charge in [0.15, 0.2) is 5.13 Å². The molecule has 1 aliphatic heterocycles. The van der Waals surface area contributed by atoms with Gasteiger partial charge in [0.05, 0.1) is 29.3 Å². The molecule has 1 amide bonds. The Morgan fingerprint density at radius 2 is 2.11 bits per heavy atom. The number of quaternary nitrogens is 1. The van der Waals surface area contributed by atoms with Gasteiger partial charge in [-0.1, -0.05) is 23.5 Å². The molecule has 1 fully saturated rings. The number of thiophene rings is 1. The lowest BCUT2D eigenvalue weighted by atomic mass is 10.3. The molecule has 0 unspecified atom stereocenters. The molecule has 0 spiro atoms. The number of aromatic nitrogens is 1. The molecule has 1 aliphatic rings. The van der Waals surface area contributed by atoms with Crippen LogP contribution in [0.3, 0.4) is 0 Å². The average Bonchev–Trinajstić information content (AvgIpc) is 3.36. The molecule has 5 nitrogen and oxygen atoms in total. The highest BCUT2D eigenvalue weighted by atomic mass is 32.1. The Morgan fingerprint density at radius 3 is 2.85 bits per heavy atom. The molecule has 142 valence electrons. The van der Waals surface area contributed by atoms with Crippen molar-refractivity contribution >= 4 is 43.9 Å². The van der Waals surface area contributed by atoms with E-state index < -0.39 is 0 Å². The first-order valence-electron chi connectivity index (χ1n) is 9.04. The summed E-state index contributed by atoms with van der Waals surface area (Å²) in [6, 6.07) is 8.60. The van der Waals surface area contributed by atoms with E-state index in [2.05, 4.69) is 4.98 Å². The van der Waals surface area contributed by atoms with Gasteiger partial charge < -0.3 is 9.64 Å². The second-order valence-corrected chi connectivity index (χ2v) is 8.44. The summed E-state index contributed by atoms with van der Waals surface area (Å²) in [5, 5.41) is 2.45. The van der Waals surface area contributed by atoms with Crippen molar-refractivity contribution in [1.82, 2.24) is 4.98 Å². The zero-order valence-corrected chi connectivity index (χ0v) is 16.5.